The third-order valence-electron chi connectivity index (χ3n) is 2.41. The van der Waals surface area contributed by atoms with Crippen molar-refractivity contribution >= 4 is 17.3 Å². The van der Waals surface area contributed by atoms with E-state index in [2.05, 4.69) is 5.32 Å². The van der Waals surface area contributed by atoms with Crippen LogP contribution in [-0.4, -0.2) is 31.3 Å². The van der Waals surface area contributed by atoms with Crippen molar-refractivity contribution in [2.24, 2.45) is 0 Å². The Kier molecular flexibility index (Phi) is 6.48. The van der Waals surface area contributed by atoms with Crippen LogP contribution in [-0.2, 0) is 14.3 Å². The first-order valence-electron chi connectivity index (χ1n) is 6.74. The number of carbonyl (C=O) groups is 1. The Hall–Kier alpha value is -1.59. The molecule has 5 nitrogen and oxygen atoms in total. The zero-order valence-corrected chi connectivity index (χ0v) is 12.4. The van der Waals surface area contributed by atoms with Gasteiger partial charge in [0.1, 0.15) is 0 Å². The quantitative estimate of drug-likeness (QED) is 0.594. The molecule has 1 amide bonds. The number of hydrogen-bond acceptors (Lipinski definition) is 4. The summed E-state index contributed by atoms with van der Waals surface area (Å²) >= 11 is 0. The number of nitrogen functional groups attached to an aromatic ring is 1. The molecule has 0 aromatic heterocycles. The van der Waals surface area contributed by atoms with Crippen molar-refractivity contribution in [2.45, 2.75) is 32.8 Å². The van der Waals surface area contributed by atoms with Gasteiger partial charge in [0.15, 0.2) is 0 Å². The van der Waals surface area contributed by atoms with E-state index in [4.69, 9.17) is 15.2 Å². The van der Waals surface area contributed by atoms with Gasteiger partial charge >= 0.3 is 0 Å². The fourth-order valence-corrected chi connectivity index (χ4v) is 1.51. The maximum Gasteiger partial charge on any atom is 0.226 e. The Labute approximate surface area is 120 Å². The van der Waals surface area contributed by atoms with Gasteiger partial charge in [-0.15, -0.1) is 0 Å². The van der Waals surface area contributed by atoms with Gasteiger partial charge in [-0.25, -0.2) is 0 Å². The summed E-state index contributed by atoms with van der Waals surface area (Å²) < 4.78 is 10.9. The van der Waals surface area contributed by atoms with Gasteiger partial charge in [0, 0.05) is 11.4 Å². The van der Waals surface area contributed by atoms with Gasteiger partial charge in [-0.3, -0.25) is 4.79 Å². The van der Waals surface area contributed by atoms with Crippen LogP contribution in [0.5, 0.6) is 0 Å². The van der Waals surface area contributed by atoms with Gasteiger partial charge in [0.2, 0.25) is 5.91 Å². The summed E-state index contributed by atoms with van der Waals surface area (Å²) in [6, 6.07) is 7.08. The average molecular weight is 280 g/mol. The summed E-state index contributed by atoms with van der Waals surface area (Å²) in [7, 11) is 0. The van der Waals surface area contributed by atoms with Crippen LogP contribution in [0.4, 0.5) is 11.4 Å². The molecule has 1 rings (SSSR count). The molecule has 1 aromatic carbocycles. The Morgan fingerprint density at radius 3 is 2.65 bits per heavy atom. The normalized spacial score (nSPS) is 11.3. The molecule has 0 aliphatic rings. The zero-order chi connectivity index (χ0) is 15.0. The molecule has 0 heterocycles. The first kappa shape index (κ1) is 16.5. The van der Waals surface area contributed by atoms with Crippen LogP contribution in [0.15, 0.2) is 24.3 Å². The van der Waals surface area contributed by atoms with Crippen molar-refractivity contribution in [1.29, 1.82) is 0 Å². The van der Waals surface area contributed by atoms with E-state index in [0.29, 0.717) is 37.6 Å². The topological polar surface area (TPSA) is 73.6 Å². The minimum Gasteiger partial charge on any atom is -0.399 e. The van der Waals surface area contributed by atoms with Gasteiger partial charge in [0.05, 0.1) is 31.8 Å². The third kappa shape index (κ3) is 7.76. The van der Waals surface area contributed by atoms with Crippen LogP contribution in [0.1, 0.15) is 27.2 Å². The molecule has 0 saturated carbocycles. The summed E-state index contributed by atoms with van der Waals surface area (Å²) in [6.45, 7) is 7.37. The van der Waals surface area contributed by atoms with Crippen LogP contribution >= 0.6 is 0 Å². The lowest BCUT2D eigenvalue weighted by atomic mass is 10.2. The molecular weight excluding hydrogens is 256 g/mol. The highest BCUT2D eigenvalue weighted by Gasteiger charge is 2.09. The number of hydrogen-bond donors (Lipinski definition) is 2. The second-order valence-electron chi connectivity index (χ2n) is 5.50. The predicted molar refractivity (Wildman–Crippen MR) is 80.6 cm³/mol. The number of ether oxygens (including phenoxy) is 2. The molecule has 0 aliphatic carbocycles. The molecule has 20 heavy (non-hydrogen) atoms. The minimum absolute atomic E-state index is 0.0904. The molecule has 1 aromatic rings. The van der Waals surface area contributed by atoms with E-state index in [1.165, 1.54) is 0 Å². The van der Waals surface area contributed by atoms with Crippen molar-refractivity contribution in [2.75, 3.05) is 30.9 Å². The standard InChI is InChI=1S/C15H24N2O3/c1-15(2,3)20-10-9-19-8-7-14(18)17-13-6-4-5-12(16)11-13/h4-6,11H,7-10,16H2,1-3H3,(H,17,18). The summed E-state index contributed by atoms with van der Waals surface area (Å²) in [5.74, 6) is -0.0904. The number of anilines is 2. The average Bonchev–Trinajstić information content (AvgIpc) is 2.32. The maximum absolute atomic E-state index is 11.7. The first-order valence-corrected chi connectivity index (χ1v) is 6.74. The molecule has 0 spiro atoms. The highest BCUT2D eigenvalue weighted by atomic mass is 16.5. The Balaban J connectivity index is 2.12. The van der Waals surface area contributed by atoms with Crippen molar-refractivity contribution in [1.82, 2.24) is 0 Å². The van der Waals surface area contributed by atoms with E-state index in [9.17, 15) is 4.79 Å². The fourth-order valence-electron chi connectivity index (χ4n) is 1.51. The molecular formula is C15H24N2O3. The third-order valence-corrected chi connectivity index (χ3v) is 2.41. The molecule has 0 bridgehead atoms. The van der Waals surface area contributed by atoms with Gasteiger partial charge in [-0.2, -0.15) is 0 Å². The molecule has 0 unspecified atom stereocenters. The molecule has 0 radical (unpaired) electrons. The van der Waals surface area contributed by atoms with Crippen molar-refractivity contribution in [3.63, 3.8) is 0 Å². The largest absolute Gasteiger partial charge is 0.399 e. The van der Waals surface area contributed by atoms with E-state index >= 15 is 0 Å². The van der Waals surface area contributed by atoms with E-state index in [1.807, 2.05) is 20.8 Å². The van der Waals surface area contributed by atoms with E-state index < -0.39 is 0 Å². The van der Waals surface area contributed by atoms with Crippen LogP contribution in [0.2, 0.25) is 0 Å². The van der Waals surface area contributed by atoms with Crippen molar-refractivity contribution < 1.29 is 14.3 Å². The molecule has 0 aliphatic heterocycles. The van der Waals surface area contributed by atoms with E-state index in [0.717, 1.165) is 0 Å². The summed E-state index contributed by atoms with van der Waals surface area (Å²) in [5, 5.41) is 2.77. The number of carbonyl (C=O) groups excluding carboxylic acids is 1. The first-order chi connectivity index (χ1) is 9.37. The zero-order valence-electron chi connectivity index (χ0n) is 12.4. The Bertz CT molecular complexity index is 427. The number of rotatable bonds is 7. The van der Waals surface area contributed by atoms with Crippen LogP contribution in [0.3, 0.4) is 0 Å². The number of nitrogens with two attached hydrogens (primary N) is 1. The van der Waals surface area contributed by atoms with Gasteiger partial charge in [-0.05, 0) is 39.0 Å². The minimum atomic E-state index is -0.159. The molecule has 0 atom stereocenters. The molecule has 0 fully saturated rings. The van der Waals surface area contributed by atoms with E-state index in [-0.39, 0.29) is 11.5 Å². The second kappa shape index (κ2) is 7.87. The summed E-state index contributed by atoms with van der Waals surface area (Å²) in [4.78, 5) is 11.7. The highest BCUT2D eigenvalue weighted by molar-refractivity contribution is 5.91. The lowest BCUT2D eigenvalue weighted by molar-refractivity contribution is -0.117. The number of benzene rings is 1. The monoisotopic (exact) mass is 280 g/mol. The second-order valence-corrected chi connectivity index (χ2v) is 5.50. The van der Waals surface area contributed by atoms with Crippen LogP contribution in [0.25, 0.3) is 0 Å². The maximum atomic E-state index is 11.7. The smallest absolute Gasteiger partial charge is 0.226 e. The number of nitrogens with one attached hydrogen (secondary N) is 1. The lowest BCUT2D eigenvalue weighted by Crippen LogP contribution is -2.22. The van der Waals surface area contributed by atoms with Crippen molar-refractivity contribution in [3.05, 3.63) is 24.3 Å². The predicted octanol–water partition coefficient (Wildman–Crippen LogP) is 2.43. The highest BCUT2D eigenvalue weighted by Crippen LogP contribution is 2.11. The van der Waals surface area contributed by atoms with Crippen molar-refractivity contribution in [3.8, 4) is 0 Å². The Morgan fingerprint density at radius 1 is 1.25 bits per heavy atom. The van der Waals surface area contributed by atoms with E-state index in [1.54, 1.807) is 24.3 Å². The Morgan fingerprint density at radius 2 is 2.00 bits per heavy atom. The molecule has 0 saturated heterocycles. The molecule has 5 heteroatoms. The van der Waals surface area contributed by atoms with Gasteiger partial charge < -0.3 is 20.5 Å². The van der Waals surface area contributed by atoms with Gasteiger partial charge in [0.25, 0.3) is 0 Å². The lowest BCUT2D eigenvalue weighted by Gasteiger charge is -2.19. The summed E-state index contributed by atoms with van der Waals surface area (Å²) in [6.07, 6.45) is 0.310. The number of amides is 1. The summed E-state index contributed by atoms with van der Waals surface area (Å²) in [5.41, 5.74) is 6.80. The molecule has 3 N–H and O–H groups in total. The van der Waals surface area contributed by atoms with Gasteiger partial charge in [-0.1, -0.05) is 6.07 Å². The van der Waals surface area contributed by atoms with Crippen LogP contribution < -0.4 is 11.1 Å². The van der Waals surface area contributed by atoms with Crippen LogP contribution in [0, 0.1) is 0 Å². The SMILES string of the molecule is CC(C)(C)OCCOCCC(=O)Nc1cccc(N)c1. The fraction of sp³-hybridized carbons (Fsp3) is 0.533. The molecule has 112 valence electrons.